The van der Waals surface area contributed by atoms with E-state index in [-0.39, 0.29) is 17.2 Å². The van der Waals surface area contributed by atoms with Gasteiger partial charge in [-0.1, -0.05) is 38.4 Å². The van der Waals surface area contributed by atoms with Gasteiger partial charge < -0.3 is 14.7 Å². The summed E-state index contributed by atoms with van der Waals surface area (Å²) in [6.07, 6.45) is 1.84. The Hall–Kier alpha value is -2.93. The largest absolute Gasteiger partial charge is 0.353 e. The molecule has 0 bridgehead atoms. The molecular weight excluding hydrogens is 438 g/mol. The van der Waals surface area contributed by atoms with Gasteiger partial charge in [-0.2, -0.15) is 0 Å². The van der Waals surface area contributed by atoms with Crippen LogP contribution in [-0.4, -0.2) is 79.1 Å². The van der Waals surface area contributed by atoms with Crippen molar-refractivity contribution in [1.29, 1.82) is 0 Å². The number of pyridine rings is 1. The van der Waals surface area contributed by atoms with E-state index in [2.05, 4.69) is 16.0 Å². The second-order valence-corrected chi connectivity index (χ2v) is 10.2. The number of hydrogen-bond acceptors (Lipinski definition) is 5. The average molecular weight is 468 g/mol. The molecule has 8 heteroatoms. The van der Waals surface area contributed by atoms with Crippen LogP contribution in [0.5, 0.6) is 0 Å². The molecule has 1 aromatic carbocycles. The number of nitrogens with zero attached hydrogens (tertiary/aromatic N) is 5. The molecule has 2 amide bonds. The molecule has 0 aliphatic carbocycles. The third kappa shape index (κ3) is 4.88. The van der Waals surface area contributed by atoms with Crippen LogP contribution in [-0.2, 0) is 4.79 Å². The van der Waals surface area contributed by atoms with Gasteiger partial charge >= 0.3 is 0 Å². The highest BCUT2D eigenvalue weighted by Gasteiger charge is 2.31. The van der Waals surface area contributed by atoms with E-state index in [1.807, 2.05) is 44.0 Å². The Morgan fingerprint density at radius 3 is 2.24 bits per heavy atom. The van der Waals surface area contributed by atoms with Crippen LogP contribution in [0.3, 0.4) is 0 Å². The van der Waals surface area contributed by atoms with Crippen LogP contribution in [0.1, 0.15) is 36.7 Å². The Morgan fingerprint density at radius 1 is 1.03 bits per heavy atom. The topological polar surface area (TPSA) is 69.1 Å². The Bertz CT molecular complexity index is 1130. The molecule has 0 atom stereocenters. The zero-order valence-corrected chi connectivity index (χ0v) is 20.6. The summed E-state index contributed by atoms with van der Waals surface area (Å²) in [5.41, 5.74) is 3.99. The predicted molar refractivity (Wildman–Crippen MR) is 132 cm³/mol. The maximum absolute atomic E-state index is 12.6. The number of benzene rings is 1. The van der Waals surface area contributed by atoms with Gasteiger partial charge in [-0.25, -0.2) is 4.98 Å². The molecule has 3 heterocycles. The summed E-state index contributed by atoms with van der Waals surface area (Å²) in [7, 11) is 3.41. The normalized spacial score (nSPS) is 15.9. The molecule has 1 saturated heterocycles. The zero-order chi connectivity index (χ0) is 23.9. The number of halogens is 1. The minimum Gasteiger partial charge on any atom is -0.353 e. The Labute approximate surface area is 200 Å². The van der Waals surface area contributed by atoms with Crippen molar-refractivity contribution in [2.24, 2.45) is 10.4 Å². The Balaban J connectivity index is 1.57. The first-order valence-electron chi connectivity index (χ1n) is 11.2. The maximum Gasteiger partial charge on any atom is 0.254 e. The van der Waals surface area contributed by atoms with Gasteiger partial charge in [-0.3, -0.25) is 14.6 Å². The summed E-state index contributed by atoms with van der Waals surface area (Å²) >= 11 is 6.43. The van der Waals surface area contributed by atoms with Crippen LogP contribution < -0.4 is 4.90 Å². The zero-order valence-electron chi connectivity index (χ0n) is 19.9. The van der Waals surface area contributed by atoms with Gasteiger partial charge in [0.05, 0.1) is 22.8 Å². The molecule has 4 rings (SSSR count). The monoisotopic (exact) mass is 467 g/mol. The van der Waals surface area contributed by atoms with Crippen molar-refractivity contribution in [2.75, 3.05) is 51.7 Å². The highest BCUT2D eigenvalue weighted by Crippen LogP contribution is 2.31. The van der Waals surface area contributed by atoms with E-state index in [4.69, 9.17) is 16.6 Å². The summed E-state index contributed by atoms with van der Waals surface area (Å²) in [6, 6.07) is 7.56. The standard InChI is InChI=1S/C25H30ClN5O2/c1-25(2,3)24(33)31-10-8-30(9-11-31)22-19(21-15-27-21)12-17(14-28-22)16-6-7-18(20(26)13-16)23(32)29(4)5/h6-7,12-14H,8-11,15H2,1-5H3. The molecule has 0 saturated carbocycles. The highest BCUT2D eigenvalue weighted by molar-refractivity contribution is 6.34. The quantitative estimate of drug-likeness (QED) is 0.689. The van der Waals surface area contributed by atoms with Gasteiger partial charge in [-0.15, -0.1) is 0 Å². The summed E-state index contributed by atoms with van der Waals surface area (Å²) in [4.78, 5) is 39.8. The first-order valence-corrected chi connectivity index (χ1v) is 11.5. The first-order chi connectivity index (χ1) is 15.6. The number of anilines is 1. The lowest BCUT2D eigenvalue weighted by Gasteiger charge is -2.38. The van der Waals surface area contributed by atoms with Crippen LogP contribution in [0.4, 0.5) is 5.82 Å². The summed E-state index contributed by atoms with van der Waals surface area (Å²) in [5, 5.41) is 0.417. The molecule has 1 fully saturated rings. The van der Waals surface area contributed by atoms with Crippen molar-refractivity contribution in [3.05, 3.63) is 46.6 Å². The van der Waals surface area contributed by atoms with Gasteiger partial charge in [0.1, 0.15) is 5.82 Å². The lowest BCUT2D eigenvalue weighted by molar-refractivity contribution is -0.139. The molecule has 2 aromatic rings. The van der Waals surface area contributed by atoms with E-state index in [0.29, 0.717) is 23.7 Å². The Morgan fingerprint density at radius 2 is 1.70 bits per heavy atom. The Kier molecular flexibility index (Phi) is 6.18. The average Bonchev–Trinajstić information content (AvgIpc) is 3.62. The van der Waals surface area contributed by atoms with Crippen LogP contribution in [0.25, 0.3) is 11.1 Å². The maximum atomic E-state index is 12.6. The van der Waals surface area contributed by atoms with Gasteiger partial charge in [0.25, 0.3) is 5.91 Å². The van der Waals surface area contributed by atoms with E-state index >= 15 is 0 Å². The predicted octanol–water partition coefficient (Wildman–Crippen LogP) is 3.60. The number of rotatable bonds is 4. The van der Waals surface area contributed by atoms with Crippen LogP contribution in [0, 0.1) is 5.41 Å². The second-order valence-electron chi connectivity index (χ2n) is 9.78. The van der Waals surface area contributed by atoms with Crippen molar-refractivity contribution in [1.82, 2.24) is 14.8 Å². The lowest BCUT2D eigenvalue weighted by atomic mass is 9.94. The smallest absolute Gasteiger partial charge is 0.254 e. The van der Waals surface area contributed by atoms with Crippen LogP contribution >= 0.6 is 11.6 Å². The number of piperazine rings is 1. The fraction of sp³-hybridized carbons (Fsp3) is 0.440. The van der Waals surface area contributed by atoms with Gasteiger partial charge in [0.15, 0.2) is 0 Å². The fourth-order valence-electron chi connectivity index (χ4n) is 3.99. The third-order valence-corrected chi connectivity index (χ3v) is 6.25. The minimum atomic E-state index is -0.371. The van der Waals surface area contributed by atoms with Crippen molar-refractivity contribution in [2.45, 2.75) is 20.8 Å². The third-order valence-electron chi connectivity index (χ3n) is 5.94. The molecule has 0 unspecified atom stereocenters. The van der Waals surface area contributed by atoms with Gasteiger partial charge in [-0.05, 0) is 23.8 Å². The molecule has 0 radical (unpaired) electrons. The lowest BCUT2D eigenvalue weighted by Crippen LogP contribution is -2.52. The van der Waals surface area contributed by atoms with E-state index in [1.54, 1.807) is 20.2 Å². The first kappa shape index (κ1) is 23.2. The number of aliphatic imine (C=N–C) groups is 1. The number of hydrogen-bond donors (Lipinski definition) is 0. The minimum absolute atomic E-state index is 0.128. The molecular formula is C25H30ClN5O2. The van der Waals surface area contributed by atoms with Gasteiger partial charge in [0, 0.05) is 63.0 Å². The van der Waals surface area contributed by atoms with Crippen molar-refractivity contribution in [3.63, 3.8) is 0 Å². The molecule has 0 spiro atoms. The van der Waals surface area contributed by atoms with Gasteiger partial charge in [0.2, 0.25) is 5.91 Å². The summed E-state index contributed by atoms with van der Waals surface area (Å²) < 4.78 is 0. The molecule has 174 valence electrons. The second kappa shape index (κ2) is 8.78. The summed E-state index contributed by atoms with van der Waals surface area (Å²) in [5.74, 6) is 0.964. The molecule has 33 heavy (non-hydrogen) atoms. The highest BCUT2D eigenvalue weighted by atomic mass is 35.5. The fourth-order valence-corrected chi connectivity index (χ4v) is 4.26. The number of carbonyl (C=O) groups is 2. The van der Waals surface area contributed by atoms with Crippen LogP contribution in [0.2, 0.25) is 5.02 Å². The number of aromatic nitrogens is 1. The van der Waals surface area contributed by atoms with Crippen molar-refractivity contribution in [3.8, 4) is 11.1 Å². The molecule has 2 aliphatic heterocycles. The molecule has 0 N–H and O–H groups in total. The van der Waals surface area contributed by atoms with E-state index in [0.717, 1.165) is 47.9 Å². The number of amides is 2. The van der Waals surface area contributed by atoms with Crippen LogP contribution in [0.15, 0.2) is 35.5 Å². The number of carbonyl (C=O) groups excluding carboxylic acids is 2. The van der Waals surface area contributed by atoms with E-state index in [9.17, 15) is 9.59 Å². The van der Waals surface area contributed by atoms with Crippen molar-refractivity contribution >= 4 is 34.9 Å². The van der Waals surface area contributed by atoms with Crippen molar-refractivity contribution < 1.29 is 9.59 Å². The molecule has 7 nitrogen and oxygen atoms in total. The molecule has 1 aromatic heterocycles. The molecule has 2 aliphatic rings. The van der Waals surface area contributed by atoms with E-state index in [1.165, 1.54) is 4.90 Å². The summed E-state index contributed by atoms with van der Waals surface area (Å²) in [6.45, 7) is 9.44. The van der Waals surface area contributed by atoms with E-state index < -0.39 is 0 Å². The SMILES string of the molecule is CN(C)C(=O)c1ccc(-c2cnc(N3CCN(C(=O)C(C)(C)C)CC3)c(C3=NC3)c2)cc1Cl.